The molecule has 0 aromatic heterocycles. The van der Waals surface area contributed by atoms with Crippen LogP contribution in [0.1, 0.15) is 20.3 Å². The van der Waals surface area contributed by atoms with Crippen LogP contribution in [0.4, 0.5) is 4.79 Å². The molecule has 1 heterocycles. The Balaban J connectivity index is 2.83. The fraction of sp³-hybridized carbons (Fsp3) is 0.800. The number of aliphatic carboxylic acids is 1. The number of urea groups is 1. The summed E-state index contributed by atoms with van der Waals surface area (Å²) < 4.78 is 0. The average Bonchev–Trinajstić information content (AvgIpc) is 2.11. The summed E-state index contributed by atoms with van der Waals surface area (Å²) in [5.41, 5.74) is 0. The van der Waals surface area contributed by atoms with Crippen molar-refractivity contribution in [2.24, 2.45) is 5.92 Å². The van der Waals surface area contributed by atoms with Gasteiger partial charge in [0.2, 0.25) is 0 Å². The van der Waals surface area contributed by atoms with Gasteiger partial charge in [0, 0.05) is 20.1 Å². The summed E-state index contributed by atoms with van der Waals surface area (Å²) in [6.45, 7) is 4.89. The van der Waals surface area contributed by atoms with Crippen molar-refractivity contribution in [1.82, 2.24) is 9.80 Å². The molecule has 0 saturated carbocycles. The summed E-state index contributed by atoms with van der Waals surface area (Å²) in [5, 5.41) is 9.09. The van der Waals surface area contributed by atoms with Crippen LogP contribution in [0, 0.1) is 5.92 Å². The molecule has 5 heteroatoms. The third-order valence-electron chi connectivity index (χ3n) is 2.69. The number of carbonyl (C=O) groups is 2. The first-order valence-corrected chi connectivity index (χ1v) is 5.19. The molecule has 1 aliphatic heterocycles. The zero-order valence-electron chi connectivity index (χ0n) is 9.43. The monoisotopic (exact) mass is 214 g/mol. The molecule has 86 valence electrons. The van der Waals surface area contributed by atoms with E-state index >= 15 is 0 Å². The Morgan fingerprint density at radius 3 is 2.47 bits per heavy atom. The number of carboxylic acids is 1. The quantitative estimate of drug-likeness (QED) is 0.757. The molecule has 1 unspecified atom stereocenters. The van der Waals surface area contributed by atoms with E-state index in [4.69, 9.17) is 5.11 Å². The van der Waals surface area contributed by atoms with E-state index in [0.29, 0.717) is 13.1 Å². The smallest absolute Gasteiger partial charge is 0.326 e. The van der Waals surface area contributed by atoms with Gasteiger partial charge in [0.25, 0.3) is 0 Å². The van der Waals surface area contributed by atoms with E-state index in [1.54, 1.807) is 11.9 Å². The van der Waals surface area contributed by atoms with E-state index in [1.165, 1.54) is 4.90 Å². The van der Waals surface area contributed by atoms with Crippen LogP contribution >= 0.6 is 0 Å². The Hall–Kier alpha value is -1.26. The van der Waals surface area contributed by atoms with Gasteiger partial charge in [-0.15, -0.1) is 0 Å². The zero-order chi connectivity index (χ0) is 11.6. The molecule has 1 atom stereocenters. The second-order valence-electron chi connectivity index (χ2n) is 4.28. The standard InChI is InChI=1S/C10H18N2O3/c1-7(2)8(9(13)14)12-6-4-5-11(3)10(12)15/h7-8H,4-6H2,1-3H3,(H,13,14). The summed E-state index contributed by atoms with van der Waals surface area (Å²) >= 11 is 0. The first-order valence-electron chi connectivity index (χ1n) is 5.19. The first-order chi connectivity index (χ1) is 6.95. The maximum Gasteiger partial charge on any atom is 0.326 e. The number of hydrogen-bond acceptors (Lipinski definition) is 2. The number of nitrogens with zero attached hydrogens (tertiary/aromatic N) is 2. The molecule has 1 rings (SSSR count). The predicted octanol–water partition coefficient (Wildman–Crippen LogP) is 0.853. The van der Waals surface area contributed by atoms with Gasteiger partial charge in [-0.1, -0.05) is 13.8 Å². The summed E-state index contributed by atoms with van der Waals surface area (Å²) in [7, 11) is 1.70. The zero-order valence-corrected chi connectivity index (χ0v) is 9.43. The molecule has 0 aliphatic carbocycles. The van der Waals surface area contributed by atoms with Gasteiger partial charge in [-0.05, 0) is 12.3 Å². The van der Waals surface area contributed by atoms with Crippen molar-refractivity contribution in [3.63, 3.8) is 0 Å². The van der Waals surface area contributed by atoms with E-state index < -0.39 is 12.0 Å². The van der Waals surface area contributed by atoms with Crippen LogP contribution in [0.25, 0.3) is 0 Å². The van der Waals surface area contributed by atoms with Crippen molar-refractivity contribution in [2.75, 3.05) is 20.1 Å². The molecule has 1 aliphatic rings. The summed E-state index contributed by atoms with van der Waals surface area (Å²) in [4.78, 5) is 25.9. The van der Waals surface area contributed by atoms with Crippen molar-refractivity contribution in [3.05, 3.63) is 0 Å². The highest BCUT2D eigenvalue weighted by atomic mass is 16.4. The van der Waals surface area contributed by atoms with Crippen molar-refractivity contribution < 1.29 is 14.7 Å². The molecule has 0 bridgehead atoms. The Morgan fingerprint density at radius 2 is 2.00 bits per heavy atom. The van der Waals surface area contributed by atoms with E-state index in [2.05, 4.69) is 0 Å². The minimum atomic E-state index is -0.923. The predicted molar refractivity (Wildman–Crippen MR) is 55.6 cm³/mol. The number of hydrogen-bond donors (Lipinski definition) is 1. The van der Waals surface area contributed by atoms with E-state index in [-0.39, 0.29) is 11.9 Å². The molecule has 0 spiro atoms. The Kier molecular flexibility index (Phi) is 3.55. The van der Waals surface area contributed by atoms with Crippen LogP contribution in [0.5, 0.6) is 0 Å². The summed E-state index contributed by atoms with van der Waals surface area (Å²) in [6, 6.07) is -0.886. The van der Waals surface area contributed by atoms with E-state index in [0.717, 1.165) is 6.42 Å². The molecule has 0 aromatic rings. The highest BCUT2D eigenvalue weighted by Crippen LogP contribution is 2.17. The fourth-order valence-corrected chi connectivity index (χ4v) is 1.93. The fourth-order valence-electron chi connectivity index (χ4n) is 1.93. The lowest BCUT2D eigenvalue weighted by molar-refractivity contribution is -0.144. The van der Waals surface area contributed by atoms with Crippen LogP contribution in [0.3, 0.4) is 0 Å². The minimum absolute atomic E-state index is 0.0713. The highest BCUT2D eigenvalue weighted by Gasteiger charge is 2.35. The topological polar surface area (TPSA) is 60.9 Å². The van der Waals surface area contributed by atoms with Crippen molar-refractivity contribution >= 4 is 12.0 Å². The maximum atomic E-state index is 11.8. The molecule has 2 amide bonds. The number of carboxylic acid groups (broad SMARTS) is 1. The number of carbonyl (C=O) groups excluding carboxylic acids is 1. The molecule has 15 heavy (non-hydrogen) atoms. The SMILES string of the molecule is CC(C)C(C(=O)O)N1CCCN(C)C1=O. The minimum Gasteiger partial charge on any atom is -0.480 e. The number of rotatable bonds is 3. The van der Waals surface area contributed by atoms with Crippen molar-refractivity contribution in [3.8, 4) is 0 Å². The first kappa shape index (κ1) is 11.8. The van der Waals surface area contributed by atoms with Gasteiger partial charge in [-0.25, -0.2) is 9.59 Å². The van der Waals surface area contributed by atoms with Crippen LogP contribution in [-0.2, 0) is 4.79 Å². The Bertz CT molecular complexity index is 265. The third-order valence-corrected chi connectivity index (χ3v) is 2.69. The molecular weight excluding hydrogens is 196 g/mol. The van der Waals surface area contributed by atoms with Gasteiger partial charge in [0.1, 0.15) is 6.04 Å². The molecule has 1 saturated heterocycles. The van der Waals surface area contributed by atoms with Gasteiger partial charge in [-0.2, -0.15) is 0 Å². The van der Waals surface area contributed by atoms with Crippen molar-refractivity contribution in [1.29, 1.82) is 0 Å². The van der Waals surface area contributed by atoms with Gasteiger partial charge < -0.3 is 14.9 Å². The summed E-state index contributed by atoms with van der Waals surface area (Å²) in [6.07, 6.45) is 0.832. The second-order valence-corrected chi connectivity index (χ2v) is 4.28. The molecule has 0 aromatic carbocycles. The molecule has 1 fully saturated rings. The van der Waals surface area contributed by atoms with Crippen LogP contribution in [-0.4, -0.2) is 53.1 Å². The lowest BCUT2D eigenvalue weighted by Crippen LogP contribution is -2.55. The summed E-state index contributed by atoms with van der Waals surface area (Å²) in [5.74, 6) is -0.994. The lowest BCUT2D eigenvalue weighted by Gasteiger charge is -2.38. The molecule has 0 radical (unpaired) electrons. The Morgan fingerprint density at radius 1 is 1.40 bits per heavy atom. The van der Waals surface area contributed by atoms with Gasteiger partial charge in [0.05, 0.1) is 0 Å². The number of amides is 2. The van der Waals surface area contributed by atoms with E-state index in [9.17, 15) is 9.59 Å². The maximum absolute atomic E-state index is 11.8. The van der Waals surface area contributed by atoms with Gasteiger partial charge in [0.15, 0.2) is 0 Å². The Labute approximate surface area is 89.7 Å². The normalized spacial score (nSPS) is 19.6. The lowest BCUT2D eigenvalue weighted by atomic mass is 10.0. The van der Waals surface area contributed by atoms with Gasteiger partial charge >= 0.3 is 12.0 Å². The molecule has 5 nitrogen and oxygen atoms in total. The average molecular weight is 214 g/mol. The van der Waals surface area contributed by atoms with Crippen molar-refractivity contribution in [2.45, 2.75) is 26.3 Å². The third kappa shape index (κ3) is 2.40. The highest BCUT2D eigenvalue weighted by molar-refractivity contribution is 5.83. The van der Waals surface area contributed by atoms with Crippen LogP contribution in [0.2, 0.25) is 0 Å². The molecule has 1 N–H and O–H groups in total. The van der Waals surface area contributed by atoms with E-state index in [1.807, 2.05) is 13.8 Å². The van der Waals surface area contributed by atoms with Crippen LogP contribution in [0.15, 0.2) is 0 Å². The second kappa shape index (κ2) is 4.51. The largest absolute Gasteiger partial charge is 0.480 e. The van der Waals surface area contributed by atoms with Gasteiger partial charge in [-0.3, -0.25) is 0 Å². The molecular formula is C10H18N2O3. The van der Waals surface area contributed by atoms with Crippen LogP contribution < -0.4 is 0 Å².